The Bertz CT molecular complexity index is 1580. The van der Waals surface area contributed by atoms with Crippen LogP contribution < -0.4 is 0 Å². The van der Waals surface area contributed by atoms with Crippen LogP contribution in [0.1, 0.15) is 61.1 Å². The first-order valence-corrected chi connectivity index (χ1v) is 12.7. The number of pyridine rings is 2. The smallest absolute Gasteiger partial charge is 0.211 e. The molecular formula is C28H31N5O4. The van der Waals surface area contributed by atoms with Gasteiger partial charge in [0.1, 0.15) is 28.1 Å². The molecule has 6 heterocycles. The molecule has 1 unspecified atom stereocenters. The summed E-state index contributed by atoms with van der Waals surface area (Å²) in [5.74, 6) is 0.995. The fourth-order valence-corrected chi connectivity index (χ4v) is 5.71. The Kier molecular flexibility index (Phi) is 5.65. The first-order valence-electron chi connectivity index (χ1n) is 12.7. The van der Waals surface area contributed by atoms with Gasteiger partial charge in [0.2, 0.25) is 5.58 Å². The predicted molar refractivity (Wildman–Crippen MR) is 138 cm³/mol. The van der Waals surface area contributed by atoms with Crippen LogP contribution in [0.4, 0.5) is 0 Å². The Hall–Kier alpha value is -3.56. The number of hydrogen-bond acceptors (Lipinski definition) is 8. The quantitative estimate of drug-likeness (QED) is 0.341. The maximum absolute atomic E-state index is 11.1. The maximum Gasteiger partial charge on any atom is 0.211 e. The molecule has 1 aliphatic rings. The van der Waals surface area contributed by atoms with Gasteiger partial charge < -0.3 is 23.5 Å². The number of fused-ring (bicyclic) bond motifs is 3. The lowest BCUT2D eigenvalue weighted by Crippen LogP contribution is -2.29. The molecule has 192 valence electrons. The molecule has 1 aliphatic heterocycles. The van der Waals surface area contributed by atoms with Crippen molar-refractivity contribution in [1.82, 2.24) is 24.8 Å². The lowest BCUT2D eigenvalue weighted by Gasteiger charge is -2.33. The lowest BCUT2D eigenvalue weighted by atomic mass is 9.87. The number of hydrogen-bond donors (Lipinski definition) is 1. The molecular weight excluding hydrogens is 470 g/mol. The van der Waals surface area contributed by atoms with Gasteiger partial charge in [0.05, 0.1) is 22.9 Å². The first kappa shape index (κ1) is 23.8. The van der Waals surface area contributed by atoms with E-state index in [0.717, 1.165) is 57.7 Å². The van der Waals surface area contributed by atoms with Crippen molar-refractivity contribution in [2.24, 2.45) is 5.92 Å². The average Bonchev–Trinajstić information content (AvgIpc) is 3.54. The number of aryl methyl sites for hydroxylation is 3. The predicted octanol–water partition coefficient (Wildman–Crippen LogP) is 5.40. The Morgan fingerprint density at radius 1 is 1.08 bits per heavy atom. The molecule has 0 radical (unpaired) electrons. The highest BCUT2D eigenvalue weighted by Crippen LogP contribution is 2.44. The number of ether oxygens (including phenoxy) is 1. The summed E-state index contributed by atoms with van der Waals surface area (Å²) in [5, 5.41) is 19.6. The van der Waals surface area contributed by atoms with Crippen molar-refractivity contribution >= 4 is 22.1 Å². The third-order valence-corrected chi connectivity index (χ3v) is 7.47. The molecule has 0 bridgehead atoms. The summed E-state index contributed by atoms with van der Waals surface area (Å²) in [7, 11) is 0. The van der Waals surface area contributed by atoms with Crippen molar-refractivity contribution in [2.45, 2.75) is 59.1 Å². The van der Waals surface area contributed by atoms with Gasteiger partial charge in [0, 0.05) is 36.7 Å². The fourth-order valence-electron chi connectivity index (χ4n) is 5.71. The molecule has 5 aromatic heterocycles. The SMILES string of the molecule is Cc1cccnc1C(C1CCOCC1)n1c2cc(-c3c(C)noc3C)cnc2c2onc(C(C)(C)O)c21. The van der Waals surface area contributed by atoms with Crippen LogP contribution in [0.5, 0.6) is 0 Å². The van der Waals surface area contributed by atoms with E-state index in [9.17, 15) is 5.11 Å². The standard InChI is InChI=1S/C28H31N5O4/c1-15-7-6-10-29-22(15)24(18-8-11-35-12-9-18)33-20-13-19(21-16(2)31-36-17(21)3)14-30-23(20)26-25(33)27(32-37-26)28(4,5)34/h6-7,10,13-14,18,24,34H,8-9,11-12H2,1-5H3. The zero-order valence-electron chi connectivity index (χ0n) is 21.8. The zero-order valence-corrected chi connectivity index (χ0v) is 21.8. The molecule has 1 N–H and O–H groups in total. The van der Waals surface area contributed by atoms with Crippen molar-refractivity contribution in [3.8, 4) is 11.1 Å². The second-order valence-corrected chi connectivity index (χ2v) is 10.5. The Morgan fingerprint density at radius 2 is 1.86 bits per heavy atom. The van der Waals surface area contributed by atoms with E-state index in [-0.39, 0.29) is 12.0 Å². The molecule has 1 saturated heterocycles. The van der Waals surface area contributed by atoms with E-state index >= 15 is 0 Å². The maximum atomic E-state index is 11.1. The van der Waals surface area contributed by atoms with Crippen molar-refractivity contribution in [2.75, 3.05) is 13.2 Å². The van der Waals surface area contributed by atoms with Crippen LogP contribution in [0, 0.1) is 26.7 Å². The number of nitrogens with zero attached hydrogens (tertiary/aromatic N) is 5. The third-order valence-electron chi connectivity index (χ3n) is 7.47. The molecule has 0 amide bonds. The molecule has 0 aromatic carbocycles. The Morgan fingerprint density at radius 3 is 2.54 bits per heavy atom. The second-order valence-electron chi connectivity index (χ2n) is 10.5. The molecule has 0 saturated carbocycles. The summed E-state index contributed by atoms with van der Waals surface area (Å²) in [4.78, 5) is 9.74. The van der Waals surface area contributed by atoms with Gasteiger partial charge in [-0.3, -0.25) is 4.98 Å². The van der Waals surface area contributed by atoms with Crippen molar-refractivity contribution in [3.63, 3.8) is 0 Å². The minimum Gasteiger partial charge on any atom is -0.384 e. The molecule has 37 heavy (non-hydrogen) atoms. The first-order chi connectivity index (χ1) is 17.8. The molecule has 5 aromatic rings. The van der Waals surface area contributed by atoms with Gasteiger partial charge in [-0.1, -0.05) is 16.4 Å². The molecule has 1 atom stereocenters. The number of aliphatic hydroxyl groups is 1. The largest absolute Gasteiger partial charge is 0.384 e. The van der Waals surface area contributed by atoms with Crippen LogP contribution in [0.2, 0.25) is 0 Å². The normalized spacial score (nSPS) is 16.2. The van der Waals surface area contributed by atoms with Crippen LogP contribution >= 0.6 is 0 Å². The summed E-state index contributed by atoms with van der Waals surface area (Å²) in [6.07, 6.45) is 5.44. The summed E-state index contributed by atoms with van der Waals surface area (Å²) in [5.41, 5.74) is 6.87. The summed E-state index contributed by atoms with van der Waals surface area (Å²) < 4.78 is 19.3. The van der Waals surface area contributed by atoms with Gasteiger partial charge in [0.25, 0.3) is 0 Å². The van der Waals surface area contributed by atoms with Crippen molar-refractivity contribution < 1.29 is 18.9 Å². The molecule has 0 aliphatic carbocycles. The molecule has 1 fully saturated rings. The third kappa shape index (κ3) is 3.84. The Labute approximate surface area is 214 Å². The van der Waals surface area contributed by atoms with E-state index in [4.69, 9.17) is 23.8 Å². The van der Waals surface area contributed by atoms with E-state index in [1.807, 2.05) is 32.3 Å². The lowest BCUT2D eigenvalue weighted by molar-refractivity contribution is 0.0541. The van der Waals surface area contributed by atoms with Crippen LogP contribution in [0.15, 0.2) is 39.6 Å². The van der Waals surface area contributed by atoms with Crippen molar-refractivity contribution in [3.05, 3.63) is 59.0 Å². The topological polar surface area (TPSA) is 112 Å². The van der Waals surface area contributed by atoms with Crippen LogP contribution in [-0.2, 0) is 10.3 Å². The second kappa shape index (κ2) is 8.78. The summed E-state index contributed by atoms with van der Waals surface area (Å²) >= 11 is 0. The van der Waals surface area contributed by atoms with Crippen LogP contribution in [-0.4, -0.2) is 43.2 Å². The minimum atomic E-state index is -1.22. The van der Waals surface area contributed by atoms with Gasteiger partial charge in [0.15, 0.2) is 0 Å². The molecule has 9 heteroatoms. The average molecular weight is 502 g/mol. The molecule has 9 nitrogen and oxygen atoms in total. The molecule has 0 spiro atoms. The van der Waals surface area contributed by atoms with Gasteiger partial charge in [-0.2, -0.15) is 0 Å². The van der Waals surface area contributed by atoms with E-state index in [1.54, 1.807) is 13.8 Å². The Balaban J connectivity index is 1.72. The fraction of sp³-hybridized carbons (Fsp3) is 0.429. The molecule has 6 rings (SSSR count). The summed E-state index contributed by atoms with van der Waals surface area (Å²) in [6, 6.07) is 6.04. The summed E-state index contributed by atoms with van der Waals surface area (Å²) in [6.45, 7) is 10.8. The van der Waals surface area contributed by atoms with E-state index in [2.05, 4.69) is 33.9 Å². The van der Waals surface area contributed by atoms with Crippen LogP contribution in [0.25, 0.3) is 33.3 Å². The van der Waals surface area contributed by atoms with E-state index in [1.165, 1.54) is 0 Å². The van der Waals surface area contributed by atoms with Gasteiger partial charge in [-0.25, -0.2) is 4.98 Å². The highest BCUT2D eigenvalue weighted by molar-refractivity contribution is 6.04. The zero-order chi connectivity index (χ0) is 25.9. The highest BCUT2D eigenvalue weighted by Gasteiger charge is 2.37. The van der Waals surface area contributed by atoms with Gasteiger partial charge in [-0.05, 0) is 71.1 Å². The van der Waals surface area contributed by atoms with Crippen LogP contribution in [0.3, 0.4) is 0 Å². The minimum absolute atomic E-state index is 0.132. The number of rotatable bonds is 5. The number of aromatic nitrogens is 5. The monoisotopic (exact) mass is 501 g/mol. The van der Waals surface area contributed by atoms with E-state index < -0.39 is 5.60 Å². The van der Waals surface area contributed by atoms with Gasteiger partial charge >= 0.3 is 0 Å². The van der Waals surface area contributed by atoms with E-state index in [0.29, 0.717) is 30.0 Å². The highest BCUT2D eigenvalue weighted by atomic mass is 16.5. The van der Waals surface area contributed by atoms with Gasteiger partial charge in [-0.15, -0.1) is 0 Å². The van der Waals surface area contributed by atoms with Crippen molar-refractivity contribution in [1.29, 1.82) is 0 Å².